The van der Waals surface area contributed by atoms with Gasteiger partial charge in [0.15, 0.2) is 0 Å². The van der Waals surface area contributed by atoms with Gasteiger partial charge in [0.05, 0.1) is 5.56 Å². The zero-order chi connectivity index (χ0) is 9.84. The van der Waals surface area contributed by atoms with E-state index in [1.165, 1.54) is 11.5 Å². The van der Waals surface area contributed by atoms with E-state index in [9.17, 15) is 9.90 Å². The van der Waals surface area contributed by atoms with Crippen LogP contribution in [0.3, 0.4) is 0 Å². The maximum Gasteiger partial charge on any atom is 0.278 e. The van der Waals surface area contributed by atoms with Gasteiger partial charge >= 0.3 is 0 Å². The molecular formula is C9H11NO3. The van der Waals surface area contributed by atoms with Gasteiger partial charge in [-0.1, -0.05) is 13.0 Å². The summed E-state index contributed by atoms with van der Waals surface area (Å²) in [5.41, 5.74) is 2.49. The average Bonchev–Trinajstić information content (AvgIpc) is 2.17. The van der Waals surface area contributed by atoms with Crippen LogP contribution in [0.15, 0.2) is 18.2 Å². The fourth-order valence-corrected chi connectivity index (χ4v) is 1.05. The molecule has 1 amide bonds. The van der Waals surface area contributed by atoms with Crippen LogP contribution in [0, 0.1) is 0 Å². The molecule has 3 N–H and O–H groups in total. The number of hydrogen-bond donors (Lipinski definition) is 3. The molecule has 0 spiro atoms. The molecule has 70 valence electrons. The normalized spacial score (nSPS) is 9.69. The summed E-state index contributed by atoms with van der Waals surface area (Å²) in [6.07, 6.45) is 0.770. The van der Waals surface area contributed by atoms with E-state index in [0.717, 1.165) is 12.0 Å². The minimum Gasteiger partial charge on any atom is -0.507 e. The molecule has 0 atom stereocenters. The van der Waals surface area contributed by atoms with Gasteiger partial charge in [-0.15, -0.1) is 0 Å². The second-order valence-electron chi connectivity index (χ2n) is 2.65. The molecule has 0 saturated heterocycles. The SMILES string of the molecule is CCc1ccc(O)c(C(=O)NO)c1. The Morgan fingerprint density at radius 2 is 2.23 bits per heavy atom. The quantitative estimate of drug-likeness (QED) is 0.472. The van der Waals surface area contributed by atoms with Crippen molar-refractivity contribution in [2.45, 2.75) is 13.3 Å². The molecule has 0 heterocycles. The van der Waals surface area contributed by atoms with Gasteiger partial charge in [-0.05, 0) is 24.1 Å². The number of phenolic OH excluding ortho intramolecular Hbond substituents is 1. The Balaban J connectivity index is 3.11. The highest BCUT2D eigenvalue weighted by Crippen LogP contribution is 2.18. The number of aromatic hydroxyl groups is 1. The Morgan fingerprint density at radius 3 is 2.77 bits per heavy atom. The van der Waals surface area contributed by atoms with E-state index >= 15 is 0 Å². The molecule has 1 aromatic carbocycles. The molecule has 0 aliphatic carbocycles. The lowest BCUT2D eigenvalue weighted by molar-refractivity contribution is 0.0703. The Bertz CT molecular complexity index is 323. The van der Waals surface area contributed by atoms with Gasteiger partial charge in [-0.25, -0.2) is 5.48 Å². The van der Waals surface area contributed by atoms with E-state index in [4.69, 9.17) is 5.21 Å². The zero-order valence-corrected chi connectivity index (χ0v) is 7.24. The maximum atomic E-state index is 11.0. The van der Waals surface area contributed by atoms with Crippen molar-refractivity contribution in [2.75, 3.05) is 0 Å². The highest BCUT2D eigenvalue weighted by atomic mass is 16.5. The van der Waals surface area contributed by atoms with Gasteiger partial charge in [0.1, 0.15) is 5.75 Å². The topological polar surface area (TPSA) is 69.6 Å². The van der Waals surface area contributed by atoms with Gasteiger partial charge in [-0.3, -0.25) is 10.0 Å². The van der Waals surface area contributed by atoms with Crippen LogP contribution in [-0.2, 0) is 6.42 Å². The van der Waals surface area contributed by atoms with Gasteiger partial charge in [0.25, 0.3) is 5.91 Å². The number of nitrogens with one attached hydrogen (secondary N) is 1. The number of rotatable bonds is 2. The second kappa shape index (κ2) is 3.91. The highest BCUT2D eigenvalue weighted by molar-refractivity contribution is 5.96. The van der Waals surface area contributed by atoms with Crippen molar-refractivity contribution in [1.29, 1.82) is 0 Å². The van der Waals surface area contributed by atoms with E-state index in [0.29, 0.717) is 0 Å². The number of phenols is 1. The lowest BCUT2D eigenvalue weighted by Gasteiger charge is -2.04. The van der Waals surface area contributed by atoms with E-state index in [-0.39, 0.29) is 11.3 Å². The third-order valence-electron chi connectivity index (χ3n) is 1.82. The summed E-state index contributed by atoms with van der Waals surface area (Å²) in [6, 6.07) is 4.70. The van der Waals surface area contributed by atoms with E-state index in [2.05, 4.69) is 0 Å². The summed E-state index contributed by atoms with van der Waals surface area (Å²) in [7, 11) is 0. The third kappa shape index (κ3) is 1.97. The van der Waals surface area contributed by atoms with Crippen molar-refractivity contribution in [3.05, 3.63) is 29.3 Å². The smallest absolute Gasteiger partial charge is 0.278 e. The Morgan fingerprint density at radius 1 is 1.54 bits per heavy atom. The van der Waals surface area contributed by atoms with Crippen LogP contribution in [0.25, 0.3) is 0 Å². The molecule has 4 nitrogen and oxygen atoms in total. The highest BCUT2D eigenvalue weighted by Gasteiger charge is 2.09. The number of amides is 1. The summed E-state index contributed by atoms with van der Waals surface area (Å²) >= 11 is 0. The number of carbonyl (C=O) groups excluding carboxylic acids is 1. The molecule has 1 rings (SSSR count). The maximum absolute atomic E-state index is 11.0. The van der Waals surface area contributed by atoms with Crippen LogP contribution in [0.4, 0.5) is 0 Å². The Labute approximate surface area is 75.8 Å². The number of hydroxylamine groups is 1. The summed E-state index contributed by atoms with van der Waals surface area (Å²) in [6.45, 7) is 1.94. The number of hydrogen-bond acceptors (Lipinski definition) is 3. The van der Waals surface area contributed by atoms with Crippen LogP contribution >= 0.6 is 0 Å². The minimum absolute atomic E-state index is 0.0850. The standard InChI is InChI=1S/C9H11NO3/c1-2-6-3-4-8(11)7(5-6)9(12)10-13/h3-5,11,13H,2H2,1H3,(H,10,12). The van der Waals surface area contributed by atoms with Crippen molar-refractivity contribution in [3.63, 3.8) is 0 Å². The van der Waals surface area contributed by atoms with Gasteiger partial charge in [0.2, 0.25) is 0 Å². The fourth-order valence-electron chi connectivity index (χ4n) is 1.05. The van der Waals surface area contributed by atoms with Gasteiger partial charge in [0, 0.05) is 0 Å². The van der Waals surface area contributed by atoms with Gasteiger partial charge in [-0.2, -0.15) is 0 Å². The van der Waals surface area contributed by atoms with E-state index < -0.39 is 5.91 Å². The predicted octanol–water partition coefficient (Wildman–Crippen LogP) is 1.07. The summed E-state index contributed by atoms with van der Waals surface area (Å²) in [5.74, 6) is -0.837. The molecule has 0 saturated carbocycles. The lowest BCUT2D eigenvalue weighted by atomic mass is 10.1. The fraction of sp³-hybridized carbons (Fsp3) is 0.222. The first-order valence-electron chi connectivity index (χ1n) is 3.95. The first kappa shape index (κ1) is 9.54. The van der Waals surface area contributed by atoms with Crippen LogP contribution in [0.2, 0.25) is 0 Å². The van der Waals surface area contributed by atoms with E-state index in [1.807, 2.05) is 6.92 Å². The molecule has 13 heavy (non-hydrogen) atoms. The molecule has 0 fully saturated rings. The van der Waals surface area contributed by atoms with Crippen LogP contribution in [0.1, 0.15) is 22.8 Å². The molecule has 4 heteroatoms. The Kier molecular flexibility index (Phi) is 2.87. The van der Waals surface area contributed by atoms with E-state index in [1.54, 1.807) is 12.1 Å². The molecule has 1 aromatic rings. The van der Waals surface area contributed by atoms with Crippen molar-refractivity contribution < 1.29 is 15.1 Å². The summed E-state index contributed by atoms with van der Waals surface area (Å²) in [4.78, 5) is 11.0. The first-order valence-corrected chi connectivity index (χ1v) is 3.95. The molecule has 0 bridgehead atoms. The lowest BCUT2D eigenvalue weighted by Crippen LogP contribution is -2.18. The van der Waals surface area contributed by atoms with Crippen LogP contribution in [0.5, 0.6) is 5.75 Å². The van der Waals surface area contributed by atoms with Gasteiger partial charge < -0.3 is 5.11 Å². The van der Waals surface area contributed by atoms with Crippen LogP contribution in [-0.4, -0.2) is 16.2 Å². The summed E-state index contributed by atoms with van der Waals surface area (Å²) < 4.78 is 0. The zero-order valence-electron chi connectivity index (χ0n) is 7.24. The number of carbonyl (C=O) groups is 1. The Hall–Kier alpha value is -1.55. The third-order valence-corrected chi connectivity index (χ3v) is 1.82. The van der Waals surface area contributed by atoms with Crippen molar-refractivity contribution in [3.8, 4) is 5.75 Å². The summed E-state index contributed by atoms with van der Waals surface area (Å²) in [5, 5.41) is 17.6. The van der Waals surface area contributed by atoms with Crippen LogP contribution < -0.4 is 5.48 Å². The van der Waals surface area contributed by atoms with Crippen molar-refractivity contribution in [2.24, 2.45) is 0 Å². The molecular weight excluding hydrogens is 170 g/mol. The molecule has 0 radical (unpaired) electrons. The molecule has 0 unspecified atom stereocenters. The van der Waals surface area contributed by atoms with Crippen molar-refractivity contribution >= 4 is 5.91 Å². The predicted molar refractivity (Wildman–Crippen MR) is 46.7 cm³/mol. The number of aryl methyl sites for hydroxylation is 1. The molecule has 0 aliphatic rings. The first-order chi connectivity index (χ1) is 6.19. The largest absolute Gasteiger partial charge is 0.507 e. The number of benzene rings is 1. The minimum atomic E-state index is -0.701. The monoisotopic (exact) mass is 181 g/mol. The van der Waals surface area contributed by atoms with Crippen molar-refractivity contribution in [1.82, 2.24) is 5.48 Å². The molecule has 0 aromatic heterocycles. The average molecular weight is 181 g/mol. The molecule has 0 aliphatic heterocycles. The second-order valence-corrected chi connectivity index (χ2v) is 2.65.